The van der Waals surface area contributed by atoms with Gasteiger partial charge in [0.15, 0.2) is 0 Å². The molecule has 2 N–H and O–H groups in total. The average molecular weight is 222 g/mol. The summed E-state index contributed by atoms with van der Waals surface area (Å²) in [5, 5.41) is 6.24. The van der Waals surface area contributed by atoms with E-state index < -0.39 is 0 Å². The average Bonchev–Trinajstić information content (AvgIpc) is 2.44. The Morgan fingerprint density at radius 2 is 2.33 bits per heavy atom. The van der Waals surface area contributed by atoms with E-state index in [2.05, 4.69) is 17.2 Å². The lowest BCUT2D eigenvalue weighted by Gasteiger charge is -2.09. The third-order valence-electron chi connectivity index (χ3n) is 2.54. The maximum absolute atomic E-state index is 11.8. The molecule has 0 spiro atoms. The first-order valence-electron chi connectivity index (χ1n) is 4.94. The second-order valence-corrected chi connectivity index (χ2v) is 4.81. The first-order chi connectivity index (χ1) is 7.13. The molecular formula is C11H14N2OS. The third-order valence-corrected chi connectivity index (χ3v) is 3.82. The van der Waals surface area contributed by atoms with Gasteiger partial charge in [-0.2, -0.15) is 0 Å². The van der Waals surface area contributed by atoms with E-state index in [9.17, 15) is 4.79 Å². The van der Waals surface area contributed by atoms with Gasteiger partial charge in [0, 0.05) is 17.5 Å². The van der Waals surface area contributed by atoms with Crippen molar-refractivity contribution in [2.75, 3.05) is 11.9 Å². The molecule has 0 aliphatic carbocycles. The molecule has 0 aromatic carbocycles. The Kier molecular flexibility index (Phi) is 2.52. The van der Waals surface area contributed by atoms with E-state index in [1.807, 2.05) is 13.8 Å². The van der Waals surface area contributed by atoms with Crippen molar-refractivity contribution in [3.05, 3.63) is 21.9 Å². The van der Waals surface area contributed by atoms with E-state index >= 15 is 0 Å². The van der Waals surface area contributed by atoms with E-state index in [0.717, 1.165) is 27.5 Å². The summed E-state index contributed by atoms with van der Waals surface area (Å²) in [6, 6.07) is 0.170. The molecule has 1 aliphatic rings. The van der Waals surface area contributed by atoms with Crippen LogP contribution in [0.25, 0.3) is 6.08 Å². The van der Waals surface area contributed by atoms with E-state index in [1.165, 1.54) is 11.3 Å². The largest absolute Gasteiger partial charge is 0.381 e. The maximum atomic E-state index is 11.8. The van der Waals surface area contributed by atoms with Crippen LogP contribution in [0.15, 0.2) is 6.58 Å². The van der Waals surface area contributed by atoms with Crippen molar-refractivity contribution >= 4 is 29.0 Å². The summed E-state index contributed by atoms with van der Waals surface area (Å²) in [7, 11) is 0. The second kappa shape index (κ2) is 3.70. The fourth-order valence-electron chi connectivity index (χ4n) is 1.69. The smallest absolute Gasteiger partial charge is 0.263 e. The van der Waals surface area contributed by atoms with Gasteiger partial charge < -0.3 is 10.6 Å². The molecule has 0 saturated carbocycles. The molecule has 0 unspecified atom stereocenters. The monoisotopic (exact) mass is 222 g/mol. The zero-order chi connectivity index (χ0) is 11.0. The molecule has 0 saturated heterocycles. The van der Waals surface area contributed by atoms with Crippen molar-refractivity contribution in [1.82, 2.24) is 5.32 Å². The number of hydrogen-bond donors (Lipinski definition) is 2. The van der Waals surface area contributed by atoms with Crippen molar-refractivity contribution in [3.8, 4) is 0 Å². The number of fused-ring (bicyclic) bond motifs is 1. The van der Waals surface area contributed by atoms with Gasteiger partial charge in [-0.3, -0.25) is 4.79 Å². The summed E-state index contributed by atoms with van der Waals surface area (Å²) in [6.45, 7) is 8.53. The highest BCUT2D eigenvalue weighted by molar-refractivity contribution is 7.15. The molecule has 0 fully saturated rings. The summed E-state index contributed by atoms with van der Waals surface area (Å²) in [4.78, 5) is 13.7. The molecule has 2 heterocycles. The Morgan fingerprint density at radius 1 is 1.60 bits per heavy atom. The molecule has 2 rings (SSSR count). The van der Waals surface area contributed by atoms with Crippen LogP contribution in [0.3, 0.4) is 0 Å². The molecule has 1 aliphatic heterocycles. The lowest BCUT2D eigenvalue weighted by Crippen LogP contribution is -2.34. The van der Waals surface area contributed by atoms with Crippen molar-refractivity contribution in [2.24, 2.45) is 0 Å². The summed E-state index contributed by atoms with van der Waals surface area (Å²) >= 11 is 1.49. The van der Waals surface area contributed by atoms with Gasteiger partial charge in [-0.15, -0.1) is 11.3 Å². The molecule has 4 heteroatoms. The second-order valence-electron chi connectivity index (χ2n) is 3.75. The molecule has 15 heavy (non-hydrogen) atoms. The van der Waals surface area contributed by atoms with E-state index in [-0.39, 0.29) is 11.9 Å². The first-order valence-corrected chi connectivity index (χ1v) is 5.75. The SMILES string of the molecule is C=Cc1sc2c(c1C)NC[C@@H](C)NC2=O. The number of hydrogen-bond acceptors (Lipinski definition) is 3. The van der Waals surface area contributed by atoms with E-state index in [1.54, 1.807) is 6.08 Å². The fourth-order valence-corrected chi connectivity index (χ4v) is 2.73. The van der Waals surface area contributed by atoms with Crippen LogP contribution in [-0.2, 0) is 0 Å². The normalized spacial score (nSPS) is 19.9. The maximum Gasteiger partial charge on any atom is 0.263 e. The minimum absolute atomic E-state index is 0.0173. The Labute approximate surface area is 93.2 Å². The predicted molar refractivity (Wildman–Crippen MR) is 64.6 cm³/mol. The Hall–Kier alpha value is -1.29. The number of anilines is 1. The predicted octanol–water partition coefficient (Wildman–Crippen LogP) is 2.24. The fraction of sp³-hybridized carbons (Fsp3) is 0.364. The molecule has 1 aromatic rings. The van der Waals surface area contributed by atoms with Crippen molar-refractivity contribution in [2.45, 2.75) is 19.9 Å². The highest BCUT2D eigenvalue weighted by Crippen LogP contribution is 2.34. The van der Waals surface area contributed by atoms with Crippen molar-refractivity contribution < 1.29 is 4.79 Å². The van der Waals surface area contributed by atoms with Crippen molar-refractivity contribution in [3.63, 3.8) is 0 Å². The molecule has 0 radical (unpaired) electrons. The first kappa shape index (κ1) is 10.2. The van der Waals surface area contributed by atoms with Gasteiger partial charge in [-0.05, 0) is 19.4 Å². The topological polar surface area (TPSA) is 41.1 Å². The Bertz CT molecular complexity index is 422. The van der Waals surface area contributed by atoms with Gasteiger partial charge in [-0.25, -0.2) is 0 Å². The summed E-state index contributed by atoms with van der Waals surface area (Å²) in [5.74, 6) is 0.0173. The number of carbonyl (C=O) groups excluding carboxylic acids is 1. The molecule has 1 amide bonds. The Morgan fingerprint density at radius 3 is 3.00 bits per heavy atom. The van der Waals surface area contributed by atoms with Gasteiger partial charge in [0.05, 0.1) is 5.69 Å². The third kappa shape index (κ3) is 1.65. The van der Waals surface area contributed by atoms with Gasteiger partial charge >= 0.3 is 0 Å². The minimum Gasteiger partial charge on any atom is -0.381 e. The zero-order valence-electron chi connectivity index (χ0n) is 8.89. The summed E-state index contributed by atoms with van der Waals surface area (Å²) in [5.41, 5.74) is 2.09. The van der Waals surface area contributed by atoms with Crippen LogP contribution in [0.5, 0.6) is 0 Å². The quantitative estimate of drug-likeness (QED) is 0.765. The zero-order valence-corrected chi connectivity index (χ0v) is 9.70. The number of rotatable bonds is 1. The van der Waals surface area contributed by atoms with Gasteiger partial charge in [0.1, 0.15) is 4.88 Å². The standard InChI is InChI=1S/C11H14N2OS/c1-4-8-7(3)9-10(15-8)11(14)13-6(2)5-12-9/h4,6,12H,1,5H2,2-3H3,(H,13,14)/t6-/m1/s1. The van der Waals surface area contributed by atoms with Crippen LogP contribution < -0.4 is 10.6 Å². The number of amides is 1. The van der Waals surface area contributed by atoms with Crippen LogP contribution in [-0.4, -0.2) is 18.5 Å². The van der Waals surface area contributed by atoms with Crippen molar-refractivity contribution in [1.29, 1.82) is 0 Å². The molecule has 1 aromatic heterocycles. The summed E-state index contributed by atoms with van der Waals surface area (Å²) < 4.78 is 0. The Balaban J connectivity index is 2.50. The number of nitrogens with one attached hydrogen (secondary N) is 2. The van der Waals surface area contributed by atoms with E-state index in [0.29, 0.717) is 0 Å². The van der Waals surface area contributed by atoms with Crippen LogP contribution in [0.1, 0.15) is 27.0 Å². The highest BCUT2D eigenvalue weighted by Gasteiger charge is 2.23. The molecule has 80 valence electrons. The van der Waals surface area contributed by atoms with Gasteiger partial charge in [-0.1, -0.05) is 12.7 Å². The minimum atomic E-state index is 0.0173. The number of thiophene rings is 1. The molecule has 3 nitrogen and oxygen atoms in total. The molecule has 1 atom stereocenters. The van der Waals surface area contributed by atoms with Crippen LogP contribution in [0.2, 0.25) is 0 Å². The van der Waals surface area contributed by atoms with Crippen LogP contribution >= 0.6 is 11.3 Å². The summed E-state index contributed by atoms with van der Waals surface area (Å²) in [6.07, 6.45) is 1.80. The van der Waals surface area contributed by atoms with E-state index in [4.69, 9.17) is 0 Å². The van der Waals surface area contributed by atoms with Gasteiger partial charge in [0.25, 0.3) is 5.91 Å². The lowest BCUT2D eigenvalue weighted by molar-refractivity contribution is 0.0949. The van der Waals surface area contributed by atoms with Crippen LogP contribution in [0, 0.1) is 6.92 Å². The molecule has 0 bridgehead atoms. The van der Waals surface area contributed by atoms with Gasteiger partial charge in [0.2, 0.25) is 0 Å². The lowest BCUT2D eigenvalue weighted by atomic mass is 10.2. The molecular weight excluding hydrogens is 208 g/mol. The van der Waals surface area contributed by atoms with Crippen LogP contribution in [0.4, 0.5) is 5.69 Å². The highest BCUT2D eigenvalue weighted by atomic mass is 32.1. The number of carbonyl (C=O) groups is 1.